The number of aromatic nitrogens is 2. The molecule has 0 fully saturated rings. The highest BCUT2D eigenvalue weighted by molar-refractivity contribution is 5.79. The van der Waals surface area contributed by atoms with Gasteiger partial charge in [0.2, 0.25) is 0 Å². The third-order valence-electron chi connectivity index (χ3n) is 3.31. The van der Waals surface area contributed by atoms with Crippen LogP contribution in [0.2, 0.25) is 0 Å². The summed E-state index contributed by atoms with van der Waals surface area (Å²) in [6.45, 7) is 6.41. The van der Waals surface area contributed by atoms with E-state index < -0.39 is 0 Å². The van der Waals surface area contributed by atoms with E-state index >= 15 is 0 Å². The Bertz CT molecular complexity index is 623. The molecular weight excluding hydrogens is 238 g/mol. The fraction of sp³-hybridized carbons (Fsp3) is 0.400. The summed E-state index contributed by atoms with van der Waals surface area (Å²) in [7, 11) is 1.69. The first-order valence-corrected chi connectivity index (χ1v) is 6.50. The number of H-pyrrole nitrogens is 1. The van der Waals surface area contributed by atoms with Crippen LogP contribution in [0.5, 0.6) is 5.75 Å². The highest BCUT2D eigenvalue weighted by Gasteiger charge is 2.26. The normalized spacial score (nSPS) is 13.1. The van der Waals surface area contributed by atoms with Gasteiger partial charge in [-0.2, -0.15) is 5.10 Å². The van der Waals surface area contributed by atoms with E-state index in [4.69, 9.17) is 4.74 Å². The molecule has 100 valence electrons. The monoisotopic (exact) mass is 257 g/mol. The Balaban J connectivity index is 2.01. The average Bonchev–Trinajstić information content (AvgIpc) is 2.87. The van der Waals surface area contributed by atoms with E-state index in [2.05, 4.69) is 48.4 Å². The second-order valence-corrected chi connectivity index (χ2v) is 6.00. The van der Waals surface area contributed by atoms with Gasteiger partial charge >= 0.3 is 0 Å². The molecule has 1 aromatic carbocycles. The number of hydrogen-bond donors (Lipinski definition) is 2. The van der Waals surface area contributed by atoms with Gasteiger partial charge in [-0.1, -0.05) is 6.07 Å². The summed E-state index contributed by atoms with van der Waals surface area (Å²) in [6.07, 6.45) is 0.920. The molecule has 0 atom stereocenters. The number of hydrogen-bond acceptors (Lipinski definition) is 3. The van der Waals surface area contributed by atoms with E-state index in [-0.39, 0.29) is 5.54 Å². The van der Waals surface area contributed by atoms with Crippen molar-refractivity contribution in [2.45, 2.75) is 32.7 Å². The third kappa shape index (κ3) is 2.07. The lowest BCUT2D eigenvalue weighted by Gasteiger charge is -2.20. The quantitative estimate of drug-likeness (QED) is 0.741. The first-order valence-electron chi connectivity index (χ1n) is 6.50. The van der Waals surface area contributed by atoms with Gasteiger partial charge in [0.1, 0.15) is 5.75 Å². The number of anilines is 1. The average molecular weight is 257 g/mol. The Hall–Kier alpha value is -1.97. The highest BCUT2D eigenvalue weighted by Crippen LogP contribution is 2.40. The molecule has 3 rings (SSSR count). The molecule has 1 heterocycles. The Kier molecular flexibility index (Phi) is 2.55. The molecule has 4 nitrogen and oxygen atoms in total. The largest absolute Gasteiger partial charge is 0.497 e. The van der Waals surface area contributed by atoms with Gasteiger partial charge in [-0.15, -0.1) is 0 Å². The van der Waals surface area contributed by atoms with E-state index in [0.717, 1.165) is 23.7 Å². The molecule has 0 unspecified atom stereocenters. The van der Waals surface area contributed by atoms with Crippen LogP contribution >= 0.6 is 0 Å². The molecule has 2 N–H and O–H groups in total. The zero-order valence-corrected chi connectivity index (χ0v) is 11.8. The number of nitrogens with zero attached hydrogens (tertiary/aromatic N) is 1. The Morgan fingerprint density at radius 1 is 1.32 bits per heavy atom. The molecule has 0 aliphatic heterocycles. The smallest absolute Gasteiger partial charge is 0.152 e. The fourth-order valence-corrected chi connectivity index (χ4v) is 2.48. The van der Waals surface area contributed by atoms with Gasteiger partial charge in [-0.25, -0.2) is 0 Å². The lowest BCUT2D eigenvalue weighted by molar-refractivity contribution is 0.415. The van der Waals surface area contributed by atoms with Crippen LogP contribution in [0.3, 0.4) is 0 Å². The standard InChI is InChI=1S/C15H19N3O/c1-15(2,3)16-14-12-7-9-5-6-10(19-4)8-11(9)13(12)17-18-14/h5-6,8H,7H2,1-4H3,(H2,16,17,18). The van der Waals surface area contributed by atoms with Gasteiger partial charge in [0.15, 0.2) is 5.82 Å². The second-order valence-electron chi connectivity index (χ2n) is 6.00. The second kappa shape index (κ2) is 4.02. The minimum atomic E-state index is 0.00935. The molecular formula is C15H19N3O. The van der Waals surface area contributed by atoms with Crippen LogP contribution in [-0.4, -0.2) is 22.8 Å². The van der Waals surface area contributed by atoms with Crippen molar-refractivity contribution < 1.29 is 4.74 Å². The summed E-state index contributed by atoms with van der Waals surface area (Å²) < 4.78 is 5.29. The summed E-state index contributed by atoms with van der Waals surface area (Å²) in [5.74, 6) is 1.84. The van der Waals surface area contributed by atoms with Crippen LogP contribution in [0.1, 0.15) is 31.9 Å². The Morgan fingerprint density at radius 2 is 2.11 bits per heavy atom. The Labute approximate surface area is 113 Å². The van der Waals surface area contributed by atoms with Crippen LogP contribution in [0.15, 0.2) is 18.2 Å². The van der Waals surface area contributed by atoms with Crippen molar-refractivity contribution >= 4 is 5.82 Å². The molecule has 19 heavy (non-hydrogen) atoms. The van der Waals surface area contributed by atoms with Gasteiger partial charge in [0, 0.05) is 23.1 Å². The number of benzene rings is 1. The molecule has 0 saturated heterocycles. The highest BCUT2D eigenvalue weighted by atomic mass is 16.5. The minimum Gasteiger partial charge on any atom is -0.497 e. The zero-order chi connectivity index (χ0) is 13.6. The maximum atomic E-state index is 5.29. The van der Waals surface area contributed by atoms with E-state index in [1.165, 1.54) is 16.7 Å². The van der Waals surface area contributed by atoms with Crippen molar-refractivity contribution in [3.63, 3.8) is 0 Å². The number of nitrogens with one attached hydrogen (secondary N) is 2. The number of ether oxygens (including phenoxy) is 1. The lowest BCUT2D eigenvalue weighted by atomic mass is 10.1. The zero-order valence-electron chi connectivity index (χ0n) is 11.8. The van der Waals surface area contributed by atoms with Crippen LogP contribution < -0.4 is 10.1 Å². The molecule has 0 spiro atoms. The van der Waals surface area contributed by atoms with Gasteiger partial charge in [0.25, 0.3) is 0 Å². The first-order chi connectivity index (χ1) is 8.98. The van der Waals surface area contributed by atoms with Crippen molar-refractivity contribution in [3.8, 4) is 17.0 Å². The molecule has 2 aromatic rings. The van der Waals surface area contributed by atoms with Gasteiger partial charge in [0.05, 0.1) is 12.8 Å². The van der Waals surface area contributed by atoms with Crippen molar-refractivity contribution in [3.05, 3.63) is 29.3 Å². The predicted octanol–water partition coefficient (Wildman–Crippen LogP) is 3.20. The van der Waals surface area contributed by atoms with Crippen LogP contribution in [0.25, 0.3) is 11.3 Å². The molecule has 1 aliphatic carbocycles. The molecule has 0 bridgehead atoms. The molecule has 1 aromatic heterocycles. The van der Waals surface area contributed by atoms with Gasteiger partial charge in [-0.05, 0) is 38.5 Å². The van der Waals surface area contributed by atoms with Gasteiger partial charge < -0.3 is 10.1 Å². The van der Waals surface area contributed by atoms with Crippen molar-refractivity contribution in [2.75, 3.05) is 12.4 Å². The van der Waals surface area contributed by atoms with E-state index in [0.29, 0.717) is 0 Å². The Morgan fingerprint density at radius 3 is 2.79 bits per heavy atom. The van der Waals surface area contributed by atoms with Crippen LogP contribution in [0, 0.1) is 0 Å². The summed E-state index contributed by atoms with van der Waals surface area (Å²) in [5.41, 5.74) is 4.89. The molecule has 4 heteroatoms. The minimum absolute atomic E-state index is 0.00935. The number of rotatable bonds is 2. The number of methoxy groups -OCH3 is 1. The van der Waals surface area contributed by atoms with Crippen LogP contribution in [0.4, 0.5) is 5.82 Å². The summed E-state index contributed by atoms with van der Waals surface area (Å²) in [4.78, 5) is 0. The molecule has 1 aliphatic rings. The van der Waals surface area contributed by atoms with Crippen molar-refractivity contribution in [2.24, 2.45) is 0 Å². The SMILES string of the molecule is COc1ccc2c(c1)-c1[nH]nc(NC(C)(C)C)c1C2. The fourth-order valence-electron chi connectivity index (χ4n) is 2.48. The summed E-state index contributed by atoms with van der Waals surface area (Å²) in [5, 5.41) is 11.0. The maximum absolute atomic E-state index is 5.29. The van der Waals surface area contributed by atoms with Gasteiger partial charge in [-0.3, -0.25) is 5.10 Å². The van der Waals surface area contributed by atoms with E-state index in [1.54, 1.807) is 7.11 Å². The summed E-state index contributed by atoms with van der Waals surface area (Å²) >= 11 is 0. The number of fused-ring (bicyclic) bond motifs is 3. The number of aromatic amines is 1. The van der Waals surface area contributed by atoms with E-state index in [9.17, 15) is 0 Å². The van der Waals surface area contributed by atoms with Crippen molar-refractivity contribution in [1.29, 1.82) is 0 Å². The predicted molar refractivity (Wildman–Crippen MR) is 76.8 cm³/mol. The molecule has 0 saturated carbocycles. The molecule has 0 amide bonds. The third-order valence-corrected chi connectivity index (χ3v) is 3.31. The lowest BCUT2D eigenvalue weighted by Crippen LogP contribution is -2.26. The topological polar surface area (TPSA) is 49.9 Å². The van der Waals surface area contributed by atoms with Crippen LogP contribution in [-0.2, 0) is 6.42 Å². The summed E-state index contributed by atoms with van der Waals surface area (Å²) in [6, 6.07) is 6.21. The van der Waals surface area contributed by atoms with E-state index in [1.807, 2.05) is 6.07 Å². The maximum Gasteiger partial charge on any atom is 0.152 e. The first kappa shape index (κ1) is 12.1. The van der Waals surface area contributed by atoms with Crippen molar-refractivity contribution in [1.82, 2.24) is 10.2 Å². The molecule has 0 radical (unpaired) electrons.